The van der Waals surface area contributed by atoms with E-state index in [9.17, 15) is 4.79 Å². The Morgan fingerprint density at radius 3 is 2.92 bits per heavy atom. The number of rotatable bonds is 3. The molecule has 0 unspecified atom stereocenters. The van der Waals surface area contributed by atoms with Crippen LogP contribution in [-0.2, 0) is 9.53 Å². The summed E-state index contributed by atoms with van der Waals surface area (Å²) < 4.78 is 5.01. The van der Waals surface area contributed by atoms with Crippen LogP contribution in [0.5, 0.6) is 0 Å². The van der Waals surface area contributed by atoms with Gasteiger partial charge in [0.15, 0.2) is 0 Å². The van der Waals surface area contributed by atoms with Gasteiger partial charge in [0.25, 0.3) is 0 Å². The van der Waals surface area contributed by atoms with Gasteiger partial charge in [0.2, 0.25) is 0 Å². The summed E-state index contributed by atoms with van der Waals surface area (Å²) in [5.74, 6) is -0.106. The highest BCUT2D eigenvalue weighted by Crippen LogP contribution is 2.24. The molecule has 1 saturated heterocycles. The van der Waals surface area contributed by atoms with Crippen LogP contribution < -0.4 is 0 Å². The first-order valence-corrected chi connectivity index (χ1v) is 4.60. The van der Waals surface area contributed by atoms with E-state index in [2.05, 4.69) is 0 Å². The zero-order valence-corrected chi connectivity index (χ0v) is 8.12. The Labute approximate surface area is 78.4 Å². The van der Waals surface area contributed by atoms with E-state index in [0.717, 1.165) is 12.0 Å². The summed E-state index contributed by atoms with van der Waals surface area (Å²) in [7, 11) is 0. The molecule has 1 heterocycles. The highest BCUT2D eigenvalue weighted by Gasteiger charge is 2.30. The third-order valence-electron chi connectivity index (χ3n) is 2.27. The van der Waals surface area contributed by atoms with Crippen molar-refractivity contribution < 1.29 is 14.6 Å². The van der Waals surface area contributed by atoms with Crippen LogP contribution in [0.1, 0.15) is 26.7 Å². The molecule has 1 rings (SSSR count). The van der Waals surface area contributed by atoms with Gasteiger partial charge >= 0.3 is 5.97 Å². The lowest BCUT2D eigenvalue weighted by Gasteiger charge is -2.00. The Morgan fingerprint density at radius 1 is 1.77 bits per heavy atom. The molecule has 1 aliphatic rings. The number of cyclic esters (lactones) is 1. The summed E-state index contributed by atoms with van der Waals surface area (Å²) in [6, 6.07) is 0. The van der Waals surface area contributed by atoms with Crippen molar-refractivity contribution in [2.45, 2.75) is 32.8 Å². The lowest BCUT2D eigenvalue weighted by Crippen LogP contribution is -2.06. The molecule has 0 radical (unpaired) electrons. The van der Waals surface area contributed by atoms with Crippen molar-refractivity contribution in [3.8, 4) is 0 Å². The smallest absolute Gasteiger partial charge is 0.309 e. The molecule has 1 aliphatic heterocycles. The molecule has 74 valence electrons. The fourth-order valence-electron chi connectivity index (χ4n) is 1.44. The average molecular weight is 184 g/mol. The fraction of sp³-hybridized carbons (Fsp3) is 0.700. The Hall–Kier alpha value is -0.830. The molecule has 0 saturated carbocycles. The van der Waals surface area contributed by atoms with Crippen molar-refractivity contribution in [2.24, 2.45) is 5.92 Å². The standard InChI is InChI=1S/C10H16O3/c1-7(6-11)3-4-9-5-8(2)13-10(9)12/h3,8-9,11H,4-6H2,1-2H3/t8-,9-/m0/s1. The van der Waals surface area contributed by atoms with Gasteiger partial charge in [-0.2, -0.15) is 0 Å². The number of ether oxygens (including phenoxy) is 1. The Kier molecular flexibility index (Phi) is 3.48. The zero-order chi connectivity index (χ0) is 9.84. The first kappa shape index (κ1) is 10.3. The lowest BCUT2D eigenvalue weighted by atomic mass is 10.0. The number of esters is 1. The van der Waals surface area contributed by atoms with Crippen molar-refractivity contribution in [2.75, 3.05) is 6.61 Å². The van der Waals surface area contributed by atoms with Crippen LogP contribution in [-0.4, -0.2) is 23.8 Å². The molecule has 0 spiro atoms. The van der Waals surface area contributed by atoms with E-state index in [1.807, 2.05) is 19.9 Å². The van der Waals surface area contributed by atoms with E-state index < -0.39 is 0 Å². The molecule has 0 aromatic carbocycles. The van der Waals surface area contributed by atoms with E-state index in [-0.39, 0.29) is 24.6 Å². The van der Waals surface area contributed by atoms with Gasteiger partial charge in [-0.05, 0) is 26.7 Å². The molecular formula is C10H16O3. The molecule has 1 N–H and O–H groups in total. The normalized spacial score (nSPS) is 29.2. The molecule has 0 aliphatic carbocycles. The van der Waals surface area contributed by atoms with Crippen molar-refractivity contribution in [3.63, 3.8) is 0 Å². The van der Waals surface area contributed by atoms with Crippen LogP contribution >= 0.6 is 0 Å². The summed E-state index contributed by atoms with van der Waals surface area (Å²) in [5, 5.41) is 8.74. The maximum Gasteiger partial charge on any atom is 0.309 e. The maximum absolute atomic E-state index is 11.2. The summed E-state index contributed by atoms with van der Waals surface area (Å²) >= 11 is 0. The molecule has 13 heavy (non-hydrogen) atoms. The van der Waals surface area contributed by atoms with E-state index >= 15 is 0 Å². The van der Waals surface area contributed by atoms with E-state index in [0.29, 0.717) is 6.42 Å². The number of carbonyl (C=O) groups is 1. The number of aliphatic hydroxyl groups excluding tert-OH is 1. The lowest BCUT2D eigenvalue weighted by molar-refractivity contribution is -0.143. The molecule has 0 bridgehead atoms. The maximum atomic E-state index is 11.2. The number of carbonyl (C=O) groups excluding carboxylic acids is 1. The number of hydrogen-bond donors (Lipinski definition) is 1. The minimum atomic E-state index is -0.102. The van der Waals surface area contributed by atoms with Crippen LogP contribution in [0, 0.1) is 5.92 Å². The first-order chi connectivity index (χ1) is 6.13. The second-order valence-electron chi connectivity index (χ2n) is 3.62. The van der Waals surface area contributed by atoms with Gasteiger partial charge in [-0.1, -0.05) is 11.6 Å². The Bertz CT molecular complexity index is 220. The fourth-order valence-corrected chi connectivity index (χ4v) is 1.44. The molecule has 1 fully saturated rings. The van der Waals surface area contributed by atoms with E-state index in [1.165, 1.54) is 0 Å². The van der Waals surface area contributed by atoms with Crippen molar-refractivity contribution in [3.05, 3.63) is 11.6 Å². The summed E-state index contributed by atoms with van der Waals surface area (Å²) in [5.41, 5.74) is 0.910. The van der Waals surface area contributed by atoms with Gasteiger partial charge in [-0.25, -0.2) is 0 Å². The first-order valence-electron chi connectivity index (χ1n) is 4.60. The molecule has 2 atom stereocenters. The molecule has 0 aromatic rings. The highest BCUT2D eigenvalue weighted by atomic mass is 16.5. The van der Waals surface area contributed by atoms with E-state index in [4.69, 9.17) is 9.84 Å². The van der Waals surface area contributed by atoms with Gasteiger partial charge < -0.3 is 9.84 Å². The van der Waals surface area contributed by atoms with Crippen LogP contribution in [0.3, 0.4) is 0 Å². The van der Waals surface area contributed by atoms with Crippen molar-refractivity contribution in [1.29, 1.82) is 0 Å². The molecule has 3 heteroatoms. The largest absolute Gasteiger partial charge is 0.462 e. The molecule has 3 nitrogen and oxygen atoms in total. The molecular weight excluding hydrogens is 168 g/mol. The Balaban J connectivity index is 2.42. The minimum Gasteiger partial charge on any atom is -0.462 e. The van der Waals surface area contributed by atoms with Gasteiger partial charge in [0.05, 0.1) is 18.6 Å². The van der Waals surface area contributed by atoms with Crippen LogP contribution in [0.15, 0.2) is 11.6 Å². The van der Waals surface area contributed by atoms with Crippen molar-refractivity contribution in [1.82, 2.24) is 0 Å². The third kappa shape index (κ3) is 2.84. The van der Waals surface area contributed by atoms with Crippen LogP contribution in [0.2, 0.25) is 0 Å². The number of allylic oxidation sites excluding steroid dienone is 1. The van der Waals surface area contributed by atoms with Crippen molar-refractivity contribution >= 4 is 5.97 Å². The van der Waals surface area contributed by atoms with Crippen LogP contribution in [0.25, 0.3) is 0 Å². The van der Waals surface area contributed by atoms with Crippen LogP contribution in [0.4, 0.5) is 0 Å². The average Bonchev–Trinajstić information content (AvgIpc) is 2.41. The molecule has 0 aromatic heterocycles. The molecule has 0 amide bonds. The number of hydrogen-bond acceptors (Lipinski definition) is 3. The summed E-state index contributed by atoms with van der Waals surface area (Å²) in [4.78, 5) is 11.2. The van der Waals surface area contributed by atoms with E-state index in [1.54, 1.807) is 0 Å². The SMILES string of the molecule is CC(=CC[C@H]1C[C@H](C)OC1=O)CO. The monoisotopic (exact) mass is 184 g/mol. The quantitative estimate of drug-likeness (QED) is 0.530. The second-order valence-corrected chi connectivity index (χ2v) is 3.62. The third-order valence-corrected chi connectivity index (χ3v) is 2.27. The summed E-state index contributed by atoms with van der Waals surface area (Å²) in [6.07, 6.45) is 3.45. The predicted molar refractivity (Wildman–Crippen MR) is 49.1 cm³/mol. The van der Waals surface area contributed by atoms with Gasteiger partial charge in [-0.15, -0.1) is 0 Å². The number of aliphatic hydroxyl groups is 1. The predicted octanol–water partition coefficient (Wildman–Crippen LogP) is 1.27. The second kappa shape index (κ2) is 4.42. The highest BCUT2D eigenvalue weighted by molar-refractivity contribution is 5.74. The van der Waals surface area contributed by atoms with Gasteiger partial charge in [0, 0.05) is 0 Å². The van der Waals surface area contributed by atoms with Gasteiger partial charge in [-0.3, -0.25) is 4.79 Å². The summed E-state index contributed by atoms with van der Waals surface area (Å²) in [6.45, 7) is 3.82. The van der Waals surface area contributed by atoms with Gasteiger partial charge in [0.1, 0.15) is 0 Å². The minimum absolute atomic E-state index is 0.00324. The zero-order valence-electron chi connectivity index (χ0n) is 8.12. The topological polar surface area (TPSA) is 46.5 Å². The Morgan fingerprint density at radius 2 is 2.46 bits per heavy atom.